The first-order valence-corrected chi connectivity index (χ1v) is 11.2. The standard InChI is InChI=1S/C19H30BFN2O5S/c1-13-15(12-23-9-7-22-8-10-23)11-16(14(2)17(13)26-29(21,24)25)20-27-18(3,4)19(5,6)28-20/h11,22H,7-10,12H2,1-6H3. The minimum Gasteiger partial charge on any atom is -0.399 e. The van der Waals surface area contributed by atoms with Crippen LogP contribution in [-0.2, 0) is 26.4 Å². The van der Waals surface area contributed by atoms with Gasteiger partial charge in [0.2, 0.25) is 0 Å². The molecule has 10 heteroatoms. The molecule has 29 heavy (non-hydrogen) atoms. The molecule has 2 saturated heterocycles. The van der Waals surface area contributed by atoms with Crippen molar-refractivity contribution in [3.8, 4) is 5.75 Å². The summed E-state index contributed by atoms with van der Waals surface area (Å²) < 4.78 is 53.1. The van der Waals surface area contributed by atoms with E-state index in [1.54, 1.807) is 13.8 Å². The van der Waals surface area contributed by atoms with Gasteiger partial charge in [0.1, 0.15) is 0 Å². The predicted molar refractivity (Wildman–Crippen MR) is 110 cm³/mol. The SMILES string of the molecule is Cc1c(CN2CCNCC2)cc(B2OC(C)(C)C(C)(C)O2)c(C)c1OS(=O)(=O)F. The fourth-order valence-electron chi connectivity index (χ4n) is 3.68. The first-order chi connectivity index (χ1) is 13.3. The smallest absolute Gasteiger partial charge is 0.399 e. The van der Waals surface area contributed by atoms with Crippen molar-refractivity contribution in [3.05, 3.63) is 22.8 Å². The third-order valence-electron chi connectivity index (χ3n) is 6.22. The molecule has 162 valence electrons. The lowest BCUT2D eigenvalue weighted by Gasteiger charge is -2.32. The number of nitrogens with zero attached hydrogens (tertiary/aromatic N) is 1. The van der Waals surface area contributed by atoms with Gasteiger partial charge in [0.15, 0.2) is 5.75 Å². The van der Waals surface area contributed by atoms with Gasteiger partial charge in [-0.2, -0.15) is 8.42 Å². The molecule has 2 fully saturated rings. The third kappa shape index (κ3) is 4.77. The zero-order valence-corrected chi connectivity index (χ0v) is 18.8. The van der Waals surface area contributed by atoms with E-state index in [0.29, 0.717) is 23.1 Å². The maximum atomic E-state index is 13.4. The van der Waals surface area contributed by atoms with Crippen LogP contribution in [0, 0.1) is 13.8 Å². The van der Waals surface area contributed by atoms with Crippen molar-refractivity contribution >= 4 is 23.1 Å². The van der Waals surface area contributed by atoms with Gasteiger partial charge >= 0.3 is 17.6 Å². The Balaban J connectivity index is 2.05. The van der Waals surface area contributed by atoms with Crippen LogP contribution in [0.25, 0.3) is 0 Å². The minimum atomic E-state index is -5.16. The second kappa shape index (κ2) is 7.81. The quantitative estimate of drug-likeness (QED) is 0.564. The predicted octanol–water partition coefficient (Wildman–Crippen LogP) is 1.60. The first-order valence-electron chi connectivity index (χ1n) is 9.86. The third-order valence-corrected chi connectivity index (χ3v) is 6.58. The van der Waals surface area contributed by atoms with E-state index in [1.165, 1.54) is 0 Å². The molecule has 1 aromatic carbocycles. The molecule has 0 aliphatic carbocycles. The van der Waals surface area contributed by atoms with Crippen LogP contribution < -0.4 is 15.0 Å². The Morgan fingerprint density at radius 2 is 1.69 bits per heavy atom. The molecule has 2 aliphatic rings. The summed E-state index contributed by atoms with van der Waals surface area (Å²) in [4.78, 5) is 2.26. The van der Waals surface area contributed by atoms with Gasteiger partial charge in [-0.05, 0) is 63.7 Å². The highest BCUT2D eigenvalue weighted by atomic mass is 32.3. The van der Waals surface area contributed by atoms with Crippen molar-refractivity contribution < 1.29 is 25.8 Å². The van der Waals surface area contributed by atoms with Crippen LogP contribution in [0.4, 0.5) is 3.89 Å². The number of benzene rings is 1. The monoisotopic (exact) mass is 428 g/mol. The van der Waals surface area contributed by atoms with Gasteiger partial charge in [-0.15, -0.1) is 0 Å². The molecule has 3 rings (SSSR count). The summed E-state index contributed by atoms with van der Waals surface area (Å²) in [5.74, 6) is 0.00449. The number of hydrogen-bond donors (Lipinski definition) is 1. The molecule has 0 unspecified atom stereocenters. The molecule has 0 atom stereocenters. The molecule has 0 radical (unpaired) electrons. The van der Waals surface area contributed by atoms with Crippen LogP contribution in [0.1, 0.15) is 44.4 Å². The minimum absolute atomic E-state index is 0.00449. The number of piperazine rings is 1. The lowest BCUT2D eigenvalue weighted by molar-refractivity contribution is 0.00578. The van der Waals surface area contributed by atoms with Gasteiger partial charge in [-0.1, -0.05) is 9.95 Å². The summed E-state index contributed by atoms with van der Waals surface area (Å²) in [5, 5.41) is 3.31. The number of hydrogen-bond acceptors (Lipinski definition) is 7. The van der Waals surface area contributed by atoms with Crippen molar-refractivity contribution in [2.24, 2.45) is 0 Å². The number of rotatable bonds is 5. The lowest BCUT2D eigenvalue weighted by atomic mass is 9.74. The van der Waals surface area contributed by atoms with Gasteiger partial charge in [-0.25, -0.2) is 0 Å². The summed E-state index contributed by atoms with van der Waals surface area (Å²) in [6.45, 7) is 15.3. The average Bonchev–Trinajstić information content (AvgIpc) is 2.81. The maximum Gasteiger partial charge on any atom is 0.495 e. The molecule has 1 aromatic rings. The highest BCUT2D eigenvalue weighted by Crippen LogP contribution is 2.38. The zero-order chi connectivity index (χ0) is 21.6. The van der Waals surface area contributed by atoms with Gasteiger partial charge in [0, 0.05) is 32.7 Å². The van der Waals surface area contributed by atoms with E-state index in [-0.39, 0.29) is 5.75 Å². The van der Waals surface area contributed by atoms with E-state index in [0.717, 1.165) is 31.7 Å². The molecular weight excluding hydrogens is 398 g/mol. The van der Waals surface area contributed by atoms with E-state index in [1.807, 2.05) is 33.8 Å². The van der Waals surface area contributed by atoms with E-state index in [2.05, 4.69) is 10.2 Å². The number of nitrogens with one attached hydrogen (secondary N) is 1. The summed E-state index contributed by atoms with van der Waals surface area (Å²) >= 11 is 0. The highest BCUT2D eigenvalue weighted by Gasteiger charge is 2.52. The van der Waals surface area contributed by atoms with Crippen molar-refractivity contribution in [1.82, 2.24) is 10.2 Å². The summed E-state index contributed by atoms with van der Waals surface area (Å²) in [6.07, 6.45) is 0. The average molecular weight is 428 g/mol. The normalized spacial score (nSPS) is 22.1. The van der Waals surface area contributed by atoms with Crippen molar-refractivity contribution in [2.75, 3.05) is 26.2 Å². The Kier molecular flexibility index (Phi) is 6.06. The topological polar surface area (TPSA) is 77.1 Å². The molecule has 7 nitrogen and oxygen atoms in total. The van der Waals surface area contributed by atoms with Crippen molar-refractivity contribution in [1.29, 1.82) is 0 Å². The molecular formula is C19H30BFN2O5S. The second-order valence-electron chi connectivity index (χ2n) is 8.79. The van der Waals surface area contributed by atoms with Gasteiger partial charge in [0.05, 0.1) is 11.2 Å². The van der Waals surface area contributed by atoms with Gasteiger partial charge in [0.25, 0.3) is 0 Å². The van der Waals surface area contributed by atoms with Gasteiger partial charge < -0.3 is 18.8 Å². The van der Waals surface area contributed by atoms with E-state index in [9.17, 15) is 12.3 Å². The zero-order valence-electron chi connectivity index (χ0n) is 18.0. The van der Waals surface area contributed by atoms with Crippen LogP contribution in [0.3, 0.4) is 0 Å². The van der Waals surface area contributed by atoms with Crippen LogP contribution in [0.5, 0.6) is 5.75 Å². The summed E-state index contributed by atoms with van der Waals surface area (Å²) in [5.41, 5.74) is 1.49. The van der Waals surface area contributed by atoms with Crippen LogP contribution in [0.15, 0.2) is 6.07 Å². The van der Waals surface area contributed by atoms with Crippen molar-refractivity contribution in [2.45, 2.75) is 59.3 Å². The Hall–Kier alpha value is -1.20. The van der Waals surface area contributed by atoms with Crippen LogP contribution in [0.2, 0.25) is 0 Å². The van der Waals surface area contributed by atoms with Gasteiger partial charge in [-0.3, -0.25) is 4.90 Å². The second-order valence-corrected chi connectivity index (χ2v) is 9.75. The Bertz CT molecular complexity index is 869. The molecule has 1 N–H and O–H groups in total. The first kappa shape index (κ1) is 22.5. The number of halogens is 1. The van der Waals surface area contributed by atoms with E-state index < -0.39 is 28.8 Å². The van der Waals surface area contributed by atoms with Crippen LogP contribution >= 0.6 is 0 Å². The Morgan fingerprint density at radius 3 is 2.21 bits per heavy atom. The Labute approximate surface area is 173 Å². The van der Waals surface area contributed by atoms with E-state index >= 15 is 0 Å². The lowest BCUT2D eigenvalue weighted by Crippen LogP contribution is -2.43. The molecule has 0 saturated carbocycles. The Morgan fingerprint density at radius 1 is 1.14 bits per heavy atom. The fraction of sp³-hybridized carbons (Fsp3) is 0.684. The summed E-state index contributed by atoms with van der Waals surface area (Å²) in [7, 11) is -5.87. The van der Waals surface area contributed by atoms with Crippen molar-refractivity contribution in [3.63, 3.8) is 0 Å². The largest absolute Gasteiger partial charge is 0.495 e. The molecule has 0 aromatic heterocycles. The molecule has 2 heterocycles. The highest BCUT2D eigenvalue weighted by molar-refractivity contribution is 7.81. The van der Waals surface area contributed by atoms with E-state index in [4.69, 9.17) is 13.5 Å². The molecule has 0 bridgehead atoms. The molecule has 0 amide bonds. The van der Waals surface area contributed by atoms with Crippen LogP contribution in [-0.4, -0.2) is 57.8 Å². The fourth-order valence-corrected chi connectivity index (χ4v) is 4.13. The molecule has 2 aliphatic heterocycles. The summed E-state index contributed by atoms with van der Waals surface area (Å²) in [6, 6.07) is 1.96. The maximum absolute atomic E-state index is 13.4. The molecule has 0 spiro atoms.